The average Bonchev–Trinajstić information content (AvgIpc) is 2.03. The maximum Gasteiger partial charge on any atom is 0.213 e. The first-order valence-electron chi connectivity index (χ1n) is 4.90. The fraction of sp³-hybridized carbons (Fsp3) is 1.00. The van der Waals surface area contributed by atoms with Crippen LogP contribution in [0.2, 0.25) is 0 Å². The molecule has 0 aromatic heterocycles. The SMILES string of the molecule is CC(C)CN(C)S(=O)(=O)CCCCCl. The summed E-state index contributed by atoms with van der Waals surface area (Å²) in [6.07, 6.45) is 1.41. The van der Waals surface area contributed by atoms with Gasteiger partial charge in [-0.05, 0) is 18.8 Å². The molecule has 0 spiro atoms. The summed E-state index contributed by atoms with van der Waals surface area (Å²) in [5.74, 6) is 1.11. The molecule has 0 radical (unpaired) electrons. The highest BCUT2D eigenvalue weighted by Crippen LogP contribution is 2.06. The summed E-state index contributed by atoms with van der Waals surface area (Å²) in [4.78, 5) is 0. The van der Waals surface area contributed by atoms with Gasteiger partial charge < -0.3 is 0 Å². The second-order valence-electron chi connectivity index (χ2n) is 3.89. The Balaban J connectivity index is 4.04. The predicted molar refractivity (Wildman–Crippen MR) is 61.2 cm³/mol. The zero-order valence-electron chi connectivity index (χ0n) is 9.16. The Morgan fingerprint density at radius 2 is 1.86 bits per heavy atom. The zero-order valence-corrected chi connectivity index (χ0v) is 10.7. The van der Waals surface area contributed by atoms with Crippen LogP contribution >= 0.6 is 11.6 Å². The summed E-state index contributed by atoms with van der Waals surface area (Å²) >= 11 is 5.49. The van der Waals surface area contributed by atoms with Crippen LogP contribution in [0.15, 0.2) is 0 Å². The molecule has 0 bridgehead atoms. The number of alkyl halides is 1. The van der Waals surface area contributed by atoms with Crippen molar-refractivity contribution < 1.29 is 8.42 Å². The van der Waals surface area contributed by atoms with Crippen molar-refractivity contribution in [2.45, 2.75) is 26.7 Å². The quantitative estimate of drug-likeness (QED) is 0.505. The lowest BCUT2D eigenvalue weighted by atomic mass is 10.2. The van der Waals surface area contributed by atoms with E-state index in [0.717, 1.165) is 6.42 Å². The molecule has 0 rings (SSSR count). The van der Waals surface area contributed by atoms with Crippen molar-refractivity contribution in [2.75, 3.05) is 25.2 Å². The first kappa shape index (κ1) is 14.2. The normalized spacial score (nSPS) is 12.7. The molecule has 0 aliphatic rings. The number of halogens is 1. The van der Waals surface area contributed by atoms with Gasteiger partial charge >= 0.3 is 0 Å². The molecule has 0 amide bonds. The lowest BCUT2D eigenvalue weighted by Crippen LogP contribution is -2.32. The molecular formula is C9H20ClNO2S. The van der Waals surface area contributed by atoms with E-state index in [1.807, 2.05) is 13.8 Å². The zero-order chi connectivity index (χ0) is 11.2. The summed E-state index contributed by atoms with van der Waals surface area (Å²) in [6, 6.07) is 0. The molecule has 0 aliphatic carbocycles. The Hall–Kier alpha value is 0.200. The van der Waals surface area contributed by atoms with Gasteiger partial charge in [-0.1, -0.05) is 13.8 Å². The van der Waals surface area contributed by atoms with Gasteiger partial charge in [0.1, 0.15) is 0 Å². The molecule has 86 valence electrons. The first-order valence-corrected chi connectivity index (χ1v) is 7.04. The number of nitrogens with zero attached hydrogens (tertiary/aromatic N) is 1. The Bertz CT molecular complexity index is 239. The summed E-state index contributed by atoms with van der Waals surface area (Å²) in [5, 5.41) is 0. The molecule has 0 saturated carbocycles. The van der Waals surface area contributed by atoms with Gasteiger partial charge in [-0.3, -0.25) is 0 Å². The summed E-state index contributed by atoms with van der Waals surface area (Å²) < 4.78 is 24.7. The number of unbranched alkanes of at least 4 members (excludes halogenated alkanes) is 1. The Morgan fingerprint density at radius 1 is 1.29 bits per heavy atom. The Labute approximate surface area is 92.5 Å². The highest BCUT2D eigenvalue weighted by molar-refractivity contribution is 7.89. The molecule has 0 fully saturated rings. The van der Waals surface area contributed by atoms with Crippen LogP contribution < -0.4 is 0 Å². The maximum absolute atomic E-state index is 11.6. The molecule has 0 aromatic rings. The fourth-order valence-electron chi connectivity index (χ4n) is 1.16. The smallest absolute Gasteiger partial charge is 0.212 e. The van der Waals surface area contributed by atoms with Crippen LogP contribution in [0.4, 0.5) is 0 Å². The van der Waals surface area contributed by atoms with Gasteiger partial charge in [-0.15, -0.1) is 11.6 Å². The van der Waals surface area contributed by atoms with E-state index in [0.29, 0.717) is 24.8 Å². The fourth-order valence-corrected chi connectivity index (χ4v) is 2.76. The largest absolute Gasteiger partial charge is 0.213 e. The predicted octanol–water partition coefficient (Wildman–Crippen LogP) is 1.92. The molecule has 0 saturated heterocycles. The van der Waals surface area contributed by atoms with E-state index < -0.39 is 10.0 Å². The summed E-state index contributed by atoms with van der Waals surface area (Å²) in [5.41, 5.74) is 0. The highest BCUT2D eigenvalue weighted by Gasteiger charge is 2.17. The number of sulfonamides is 1. The molecule has 0 aromatic carbocycles. The Morgan fingerprint density at radius 3 is 2.29 bits per heavy atom. The van der Waals surface area contributed by atoms with E-state index in [2.05, 4.69) is 0 Å². The second-order valence-corrected chi connectivity index (χ2v) is 6.46. The lowest BCUT2D eigenvalue weighted by Gasteiger charge is -2.18. The van der Waals surface area contributed by atoms with Gasteiger partial charge in [-0.25, -0.2) is 12.7 Å². The van der Waals surface area contributed by atoms with E-state index in [4.69, 9.17) is 11.6 Å². The topological polar surface area (TPSA) is 37.4 Å². The average molecular weight is 242 g/mol. The van der Waals surface area contributed by atoms with Crippen molar-refractivity contribution in [3.8, 4) is 0 Å². The molecule has 0 unspecified atom stereocenters. The Kier molecular flexibility index (Phi) is 6.74. The van der Waals surface area contributed by atoms with Gasteiger partial charge in [0.25, 0.3) is 0 Å². The monoisotopic (exact) mass is 241 g/mol. The molecule has 0 heterocycles. The third-order valence-electron chi connectivity index (χ3n) is 1.88. The summed E-state index contributed by atoms with van der Waals surface area (Å²) in [7, 11) is -1.42. The van der Waals surface area contributed by atoms with Gasteiger partial charge in [0.05, 0.1) is 5.75 Å². The molecule has 5 heteroatoms. The first-order chi connectivity index (χ1) is 6.40. The molecule has 0 atom stereocenters. The van der Waals surface area contributed by atoms with Crippen LogP contribution in [-0.2, 0) is 10.0 Å². The van der Waals surface area contributed by atoms with Crippen LogP contribution in [0, 0.1) is 5.92 Å². The molecule has 0 N–H and O–H groups in total. The van der Waals surface area contributed by atoms with Crippen molar-refractivity contribution in [3.63, 3.8) is 0 Å². The number of hydrogen-bond acceptors (Lipinski definition) is 2. The van der Waals surface area contributed by atoms with Crippen LogP contribution in [0.25, 0.3) is 0 Å². The minimum Gasteiger partial charge on any atom is -0.212 e. The highest BCUT2D eigenvalue weighted by atomic mass is 35.5. The van der Waals surface area contributed by atoms with Crippen molar-refractivity contribution >= 4 is 21.6 Å². The van der Waals surface area contributed by atoms with Gasteiger partial charge in [0.2, 0.25) is 10.0 Å². The van der Waals surface area contributed by atoms with Gasteiger partial charge in [0, 0.05) is 19.5 Å². The van der Waals surface area contributed by atoms with Crippen LogP contribution in [0.3, 0.4) is 0 Å². The van der Waals surface area contributed by atoms with E-state index in [1.165, 1.54) is 4.31 Å². The lowest BCUT2D eigenvalue weighted by molar-refractivity contribution is 0.416. The summed E-state index contributed by atoms with van der Waals surface area (Å²) in [6.45, 7) is 4.60. The number of rotatable bonds is 7. The van der Waals surface area contributed by atoms with Crippen molar-refractivity contribution in [1.29, 1.82) is 0 Å². The van der Waals surface area contributed by atoms with Crippen LogP contribution in [0.5, 0.6) is 0 Å². The molecule has 0 aliphatic heterocycles. The molecular weight excluding hydrogens is 222 g/mol. The number of hydrogen-bond donors (Lipinski definition) is 0. The van der Waals surface area contributed by atoms with E-state index in [-0.39, 0.29) is 5.75 Å². The van der Waals surface area contributed by atoms with Crippen molar-refractivity contribution in [2.24, 2.45) is 5.92 Å². The van der Waals surface area contributed by atoms with Crippen LogP contribution in [-0.4, -0.2) is 37.9 Å². The molecule has 14 heavy (non-hydrogen) atoms. The van der Waals surface area contributed by atoms with E-state index >= 15 is 0 Å². The van der Waals surface area contributed by atoms with E-state index in [1.54, 1.807) is 7.05 Å². The second kappa shape index (κ2) is 6.64. The standard InChI is InChI=1S/C9H20ClNO2S/c1-9(2)8-11(3)14(12,13)7-5-4-6-10/h9H,4-8H2,1-3H3. The van der Waals surface area contributed by atoms with E-state index in [9.17, 15) is 8.42 Å². The maximum atomic E-state index is 11.6. The van der Waals surface area contributed by atoms with Crippen molar-refractivity contribution in [1.82, 2.24) is 4.31 Å². The van der Waals surface area contributed by atoms with Crippen molar-refractivity contribution in [3.05, 3.63) is 0 Å². The van der Waals surface area contributed by atoms with Crippen LogP contribution in [0.1, 0.15) is 26.7 Å². The van der Waals surface area contributed by atoms with Gasteiger partial charge in [-0.2, -0.15) is 0 Å². The minimum absolute atomic E-state index is 0.211. The van der Waals surface area contributed by atoms with Gasteiger partial charge in [0.15, 0.2) is 0 Å². The molecule has 3 nitrogen and oxygen atoms in total. The third kappa shape index (κ3) is 5.83. The minimum atomic E-state index is -3.05. The third-order valence-corrected chi connectivity index (χ3v) is 4.05.